The van der Waals surface area contributed by atoms with Crippen LogP contribution < -0.4 is 0 Å². The summed E-state index contributed by atoms with van der Waals surface area (Å²) in [5, 5.41) is 0. The molecular formula is C82H120F12O24S8-8. The minimum atomic E-state index is -4.90. The van der Waals surface area contributed by atoms with Gasteiger partial charge in [-0.1, -0.05) is 138 Å². The average molecular weight is 1970 g/mol. The third-order valence-electron chi connectivity index (χ3n) is 27.1. The van der Waals surface area contributed by atoms with Gasteiger partial charge < -0.3 is 36.4 Å². The molecule has 732 valence electrons. The molecule has 24 nitrogen and oxygen atoms in total. The minimum Gasteiger partial charge on any atom is -0.748 e. The number of hydrogen-bond donors (Lipinski definition) is 0. The van der Waals surface area contributed by atoms with Crippen LogP contribution in [0.15, 0.2) is 60.7 Å². The summed E-state index contributed by atoms with van der Waals surface area (Å²) in [5.74, 6) is -15.6. The average Bonchev–Trinajstić information content (AvgIpc) is 0.866. The van der Waals surface area contributed by atoms with Gasteiger partial charge in [0.1, 0.15) is 88.2 Å². The Morgan fingerprint density at radius 2 is 0.587 bits per heavy atom. The third kappa shape index (κ3) is 43.9. The lowest BCUT2D eigenvalue weighted by atomic mass is 9.51. The van der Waals surface area contributed by atoms with Crippen LogP contribution in [0.3, 0.4) is 0 Å². The molecule has 0 saturated heterocycles. The minimum absolute atomic E-state index is 0.0394. The molecule has 12 bridgehead atoms. The fraction of sp³-hybridized carbons (Fsp3) is 0.854. The molecular weight excluding hydrogens is 1850 g/mol. The topological polar surface area (TPSA) is 458 Å². The number of hydrogen-bond acceptors (Lipinski definition) is 24. The Hall–Kier alpha value is -3.12. The van der Waals surface area contributed by atoms with E-state index in [-0.39, 0.29) is 49.4 Å². The van der Waals surface area contributed by atoms with Crippen molar-refractivity contribution < 1.29 is 156 Å². The molecule has 0 heterocycles. The Morgan fingerprint density at radius 3 is 0.944 bits per heavy atom. The van der Waals surface area contributed by atoms with E-state index in [4.69, 9.17) is 0 Å². The fourth-order valence-corrected chi connectivity index (χ4v) is 28.0. The molecule has 14 fully saturated rings. The molecule has 0 aliphatic heterocycles. The first-order valence-corrected chi connectivity index (χ1v) is 56.1. The number of rotatable bonds is 32. The first kappa shape index (κ1) is 110. The van der Waals surface area contributed by atoms with Crippen LogP contribution in [0, 0.1) is 107 Å². The van der Waals surface area contributed by atoms with Gasteiger partial charge in [-0.15, -0.1) is 0 Å². The molecule has 0 N–H and O–H groups in total. The van der Waals surface area contributed by atoms with E-state index < -0.39 is 201 Å². The SMILES string of the molecule is O=S(=O)([O-])CC(F)(F)CC1C2CC3CC(C2)CC1C3.O=S(=O)([O-])CC(F)(F)CC1CC2CCC1C2.O=S(=O)([O-])CC(F)(F)CC1CCCCC1.O=S(=O)([O-])CC(F)(F)Cc1ccccc1.O=S(=O)([O-])CC(F)CC1C2CC3CC(C2)CC1C3.O=S(=O)([O-])CC(F)CC1CC2CCC1C2.O=S(=O)([O-])CC(F)CC1CCCCC1.O=S(=O)([O-])CC(F)Cc1ccccc1. The van der Waals surface area contributed by atoms with E-state index in [2.05, 4.69) is 0 Å². The molecule has 0 radical (unpaired) electrons. The second-order valence-corrected chi connectivity index (χ2v) is 49.7. The van der Waals surface area contributed by atoms with Crippen molar-refractivity contribution in [2.24, 2.45) is 107 Å². The Bertz CT molecular complexity index is 4600. The van der Waals surface area contributed by atoms with E-state index >= 15 is 0 Å². The van der Waals surface area contributed by atoms with E-state index in [9.17, 15) is 156 Å². The maximum Gasteiger partial charge on any atom is 0.264 e. The van der Waals surface area contributed by atoms with Gasteiger partial charge in [-0.25, -0.2) is 120 Å². The van der Waals surface area contributed by atoms with Crippen LogP contribution >= 0.6 is 0 Å². The van der Waals surface area contributed by atoms with Gasteiger partial charge in [-0.2, -0.15) is 0 Å². The molecule has 2 aromatic rings. The van der Waals surface area contributed by atoms with Crippen LogP contribution in [0.2, 0.25) is 0 Å². The van der Waals surface area contributed by atoms with Crippen molar-refractivity contribution in [3.8, 4) is 0 Å². The van der Waals surface area contributed by atoms with Crippen molar-refractivity contribution in [2.75, 3.05) is 46.0 Å². The van der Waals surface area contributed by atoms with Gasteiger partial charge in [-0.05, 0) is 240 Å². The maximum atomic E-state index is 13.7. The second-order valence-electron chi connectivity index (χ2n) is 38.3. The highest BCUT2D eigenvalue weighted by molar-refractivity contribution is 7.87. The molecule has 0 aromatic heterocycles. The van der Waals surface area contributed by atoms with Crippen LogP contribution in [0.25, 0.3) is 0 Å². The first-order chi connectivity index (χ1) is 57.8. The Labute approximate surface area is 736 Å². The van der Waals surface area contributed by atoms with Gasteiger partial charge in [-0.3, -0.25) is 0 Å². The van der Waals surface area contributed by atoms with Gasteiger partial charge in [0, 0.05) is 32.1 Å². The van der Waals surface area contributed by atoms with Crippen molar-refractivity contribution in [3.05, 3.63) is 71.8 Å². The monoisotopic (exact) mass is 1970 g/mol. The van der Waals surface area contributed by atoms with E-state index in [1.165, 1.54) is 69.9 Å². The van der Waals surface area contributed by atoms with E-state index in [1.54, 1.807) is 48.5 Å². The van der Waals surface area contributed by atoms with Gasteiger partial charge in [0.15, 0.2) is 0 Å². The van der Waals surface area contributed by atoms with Crippen molar-refractivity contribution >= 4 is 80.9 Å². The molecule has 10 atom stereocenters. The predicted octanol–water partition coefficient (Wildman–Crippen LogP) is 15.1. The summed E-state index contributed by atoms with van der Waals surface area (Å²) in [7, 11) is -37.1. The van der Waals surface area contributed by atoms with Crippen molar-refractivity contribution in [1.29, 1.82) is 0 Å². The third-order valence-corrected chi connectivity index (χ3v) is 33.3. The quantitative estimate of drug-likeness (QED) is 0.0485. The zero-order chi connectivity index (χ0) is 94.0. The number of fused-ring (bicyclic) bond motifs is 4. The van der Waals surface area contributed by atoms with E-state index in [1.807, 2.05) is 0 Å². The Balaban J connectivity index is 0.000000198. The van der Waals surface area contributed by atoms with Gasteiger partial charge in [0.2, 0.25) is 0 Å². The van der Waals surface area contributed by atoms with Crippen LogP contribution in [-0.2, 0) is 93.8 Å². The Morgan fingerprint density at radius 1 is 0.278 bits per heavy atom. The lowest BCUT2D eigenvalue weighted by molar-refractivity contribution is -0.0876. The van der Waals surface area contributed by atoms with Crippen LogP contribution in [0.5, 0.6) is 0 Å². The summed E-state index contributed by atoms with van der Waals surface area (Å²) >= 11 is 0. The van der Waals surface area contributed by atoms with E-state index in [0.29, 0.717) is 89.1 Å². The van der Waals surface area contributed by atoms with Crippen molar-refractivity contribution in [2.45, 2.75) is 280 Å². The molecule has 2 aromatic carbocycles. The van der Waals surface area contributed by atoms with Crippen LogP contribution in [0.1, 0.15) is 229 Å². The molecule has 14 aliphatic carbocycles. The largest absolute Gasteiger partial charge is 0.748 e. The highest BCUT2D eigenvalue weighted by Gasteiger charge is 2.53. The standard InChI is InChI=1S/C13H20F2O3S.C13H21FO3S.C10H16F2O3S.C10H17FO3S.C9H16F2O3S.C9H10F2O3S.C9H17FO3S.C9H11FO3S/c14-13(15,7-19(16,17)18)6-12-10-2-8-1-9(4-10)5-11(12)3-8;14-12(7-18(15,16)17)6-13-10-2-8-1-9(4-10)5-11(13)3-8;11-10(12,6-16(13,14)15)5-9-4-7-1-2-8(9)3-7;11-10(6-15(12,13)14)5-9-4-7-1-2-8(9)3-7;2*10-9(11,7-15(12,13)14)6-8-4-2-1-3-5-8;2*10-9(7-14(11,12)13)6-8-4-2-1-3-5-8/h8-12H,1-7H2,(H,16,17,18);8-13H,1-7H2,(H,15,16,17);7-9H,1-6H2,(H,13,14,15);7-10H,1-6H2,(H,12,13,14);8H,1-7H2,(H,12,13,14);1-5H,6-7H2,(H,12,13,14);8-9H,1-7H2,(H,11,12,13);1-5,9H,6-7H2,(H,11,12,13)/p-8. The van der Waals surface area contributed by atoms with Gasteiger partial charge in [0.25, 0.3) is 23.7 Å². The molecule has 126 heavy (non-hydrogen) atoms. The van der Waals surface area contributed by atoms with E-state index in [0.717, 1.165) is 127 Å². The van der Waals surface area contributed by atoms with Gasteiger partial charge >= 0.3 is 0 Å². The van der Waals surface area contributed by atoms with Crippen LogP contribution in [-0.4, -0.2) is 198 Å². The lowest BCUT2D eigenvalue weighted by Gasteiger charge is -2.55. The van der Waals surface area contributed by atoms with Crippen molar-refractivity contribution in [3.63, 3.8) is 0 Å². The molecule has 14 aliphatic rings. The van der Waals surface area contributed by atoms with Crippen molar-refractivity contribution in [1.82, 2.24) is 0 Å². The highest BCUT2D eigenvalue weighted by Crippen LogP contribution is 2.60. The lowest BCUT2D eigenvalue weighted by Crippen LogP contribution is -2.47. The molecule has 16 rings (SSSR count). The van der Waals surface area contributed by atoms with Gasteiger partial charge in [0.05, 0.1) is 63.5 Å². The zero-order valence-electron chi connectivity index (χ0n) is 70.2. The molecule has 14 saturated carbocycles. The zero-order valence-corrected chi connectivity index (χ0v) is 76.7. The summed E-state index contributed by atoms with van der Waals surface area (Å²) in [4.78, 5) is 0. The smallest absolute Gasteiger partial charge is 0.264 e. The summed E-state index contributed by atoms with van der Waals surface area (Å²) in [5.41, 5.74) is 0.981. The number of alkyl halides is 12. The molecule has 10 unspecified atom stereocenters. The number of benzene rings is 2. The summed E-state index contributed by atoms with van der Waals surface area (Å²) in [6.45, 7) is 0. The Kier molecular flexibility index (Phi) is 40.9. The molecule has 0 amide bonds. The number of halogens is 12. The summed E-state index contributed by atoms with van der Waals surface area (Å²) in [6.07, 6.45) is 22.4. The molecule has 0 spiro atoms. The summed E-state index contributed by atoms with van der Waals surface area (Å²) in [6, 6.07) is 16.3. The second kappa shape index (κ2) is 46.9. The first-order valence-electron chi connectivity index (χ1n) is 43.5. The fourth-order valence-electron chi connectivity index (χ4n) is 23.2. The molecule has 44 heteroatoms. The summed E-state index contributed by atoms with van der Waals surface area (Å²) < 4.78 is 408. The maximum absolute atomic E-state index is 13.7. The normalized spacial score (nSPS) is 29.4. The highest BCUT2D eigenvalue weighted by atomic mass is 32.2. The van der Waals surface area contributed by atoms with Crippen LogP contribution in [0.4, 0.5) is 52.7 Å². The predicted molar refractivity (Wildman–Crippen MR) is 436 cm³/mol.